The Balaban J connectivity index is 1.93. The van der Waals surface area contributed by atoms with Gasteiger partial charge in [-0.05, 0) is 37.8 Å². The van der Waals surface area contributed by atoms with Crippen molar-refractivity contribution in [3.63, 3.8) is 0 Å². The summed E-state index contributed by atoms with van der Waals surface area (Å²) in [6.07, 6.45) is 2.86. The van der Waals surface area contributed by atoms with E-state index in [9.17, 15) is 0 Å². The van der Waals surface area contributed by atoms with Crippen molar-refractivity contribution in [1.82, 2.24) is 10.2 Å². The van der Waals surface area contributed by atoms with Gasteiger partial charge in [-0.2, -0.15) is 0 Å². The van der Waals surface area contributed by atoms with Gasteiger partial charge in [0.05, 0.1) is 0 Å². The number of likely N-dealkylation sites (tertiary alicyclic amines) is 1. The lowest BCUT2D eigenvalue weighted by atomic mass is 9.91. The Morgan fingerprint density at radius 3 is 3.00 bits per heavy atom. The molecule has 2 fully saturated rings. The van der Waals surface area contributed by atoms with E-state index in [1.165, 1.54) is 39.0 Å². The van der Waals surface area contributed by atoms with Gasteiger partial charge in [0, 0.05) is 19.1 Å². The van der Waals surface area contributed by atoms with Crippen molar-refractivity contribution in [2.45, 2.75) is 32.7 Å². The van der Waals surface area contributed by atoms with Gasteiger partial charge in [0.1, 0.15) is 0 Å². The highest BCUT2D eigenvalue weighted by molar-refractivity contribution is 4.92. The maximum absolute atomic E-state index is 3.53. The minimum Gasteiger partial charge on any atom is -0.315 e. The molecule has 0 aromatic rings. The highest BCUT2D eigenvalue weighted by Gasteiger charge is 2.34. The van der Waals surface area contributed by atoms with Crippen LogP contribution in [0.3, 0.4) is 0 Å². The zero-order valence-electron chi connectivity index (χ0n) is 8.92. The van der Waals surface area contributed by atoms with Gasteiger partial charge in [0.25, 0.3) is 0 Å². The first kappa shape index (κ1) is 9.47. The van der Waals surface area contributed by atoms with Crippen LogP contribution in [0.4, 0.5) is 0 Å². The molecular weight excluding hydrogens is 160 g/mol. The lowest BCUT2D eigenvalue weighted by molar-refractivity contribution is 0.111. The van der Waals surface area contributed by atoms with Crippen molar-refractivity contribution in [3.8, 4) is 0 Å². The summed E-state index contributed by atoms with van der Waals surface area (Å²) in [4.78, 5) is 2.71. The third kappa shape index (κ3) is 2.05. The van der Waals surface area contributed by atoms with E-state index in [-0.39, 0.29) is 0 Å². The molecule has 2 nitrogen and oxygen atoms in total. The van der Waals surface area contributed by atoms with Crippen LogP contribution in [0.1, 0.15) is 26.7 Å². The number of hydrogen-bond donors (Lipinski definition) is 1. The van der Waals surface area contributed by atoms with Crippen molar-refractivity contribution < 1.29 is 0 Å². The molecule has 2 heteroatoms. The number of nitrogens with one attached hydrogen (secondary N) is 1. The first-order valence-electron chi connectivity index (χ1n) is 5.72. The molecule has 0 bridgehead atoms. The van der Waals surface area contributed by atoms with Gasteiger partial charge < -0.3 is 5.32 Å². The maximum Gasteiger partial charge on any atom is 0.0261 e. The zero-order chi connectivity index (χ0) is 9.26. The summed E-state index contributed by atoms with van der Waals surface area (Å²) < 4.78 is 0. The Morgan fingerprint density at radius 2 is 2.23 bits per heavy atom. The average molecular weight is 182 g/mol. The van der Waals surface area contributed by atoms with Gasteiger partial charge in [0.2, 0.25) is 0 Å². The van der Waals surface area contributed by atoms with Crippen molar-refractivity contribution in [3.05, 3.63) is 0 Å². The summed E-state index contributed by atoms with van der Waals surface area (Å²) in [6.45, 7) is 9.78. The molecule has 2 atom stereocenters. The topological polar surface area (TPSA) is 15.3 Å². The molecule has 2 rings (SSSR count). The van der Waals surface area contributed by atoms with E-state index >= 15 is 0 Å². The van der Waals surface area contributed by atoms with Gasteiger partial charge in [-0.1, -0.05) is 13.8 Å². The Morgan fingerprint density at radius 1 is 1.38 bits per heavy atom. The van der Waals surface area contributed by atoms with Crippen LogP contribution >= 0.6 is 0 Å². The third-order valence-electron chi connectivity index (χ3n) is 3.39. The second kappa shape index (κ2) is 3.97. The van der Waals surface area contributed by atoms with Crippen LogP contribution in [-0.2, 0) is 0 Å². The molecule has 1 N–H and O–H groups in total. The molecule has 0 spiro atoms. The lowest BCUT2D eigenvalue weighted by Crippen LogP contribution is -2.46. The summed E-state index contributed by atoms with van der Waals surface area (Å²) in [5.41, 5.74) is 0. The number of rotatable bonds is 2. The Bertz CT molecular complexity index is 167. The van der Waals surface area contributed by atoms with Crippen molar-refractivity contribution in [1.29, 1.82) is 0 Å². The van der Waals surface area contributed by atoms with Crippen LogP contribution in [0.25, 0.3) is 0 Å². The van der Waals surface area contributed by atoms with Gasteiger partial charge in [-0.3, -0.25) is 4.90 Å². The predicted octanol–water partition coefficient (Wildman–Crippen LogP) is 1.33. The lowest BCUT2D eigenvalue weighted by Gasteiger charge is -2.38. The molecule has 2 saturated heterocycles. The summed E-state index contributed by atoms with van der Waals surface area (Å²) in [5, 5.41) is 3.53. The Kier molecular flexibility index (Phi) is 2.89. The van der Waals surface area contributed by atoms with Crippen molar-refractivity contribution >= 4 is 0 Å². The average Bonchev–Trinajstić information content (AvgIpc) is 2.51. The standard InChI is InChI=1S/C11H22N2/c1-9(2)8-13-5-3-4-10-6-12-7-11(10)13/h9-12H,3-8H2,1-2H3. The minimum atomic E-state index is 0.819. The molecule has 2 aliphatic rings. The fourth-order valence-electron chi connectivity index (χ4n) is 2.86. The molecule has 13 heavy (non-hydrogen) atoms. The molecule has 0 aromatic heterocycles. The van der Waals surface area contributed by atoms with Crippen LogP contribution in [0.5, 0.6) is 0 Å². The molecule has 2 heterocycles. The molecule has 0 aromatic carbocycles. The van der Waals surface area contributed by atoms with E-state index in [1.807, 2.05) is 0 Å². The van der Waals surface area contributed by atoms with Crippen LogP contribution in [0.15, 0.2) is 0 Å². The predicted molar refractivity (Wildman–Crippen MR) is 55.8 cm³/mol. The van der Waals surface area contributed by atoms with Crippen molar-refractivity contribution in [2.24, 2.45) is 11.8 Å². The van der Waals surface area contributed by atoms with Crippen LogP contribution < -0.4 is 5.32 Å². The van der Waals surface area contributed by atoms with Crippen molar-refractivity contribution in [2.75, 3.05) is 26.2 Å². The molecule has 0 radical (unpaired) electrons. The van der Waals surface area contributed by atoms with E-state index in [2.05, 4.69) is 24.1 Å². The number of hydrogen-bond acceptors (Lipinski definition) is 2. The highest BCUT2D eigenvalue weighted by atomic mass is 15.2. The second-order valence-corrected chi connectivity index (χ2v) is 5.02. The minimum absolute atomic E-state index is 0.819. The Hall–Kier alpha value is -0.0800. The first-order chi connectivity index (χ1) is 6.27. The number of nitrogens with zero attached hydrogens (tertiary/aromatic N) is 1. The summed E-state index contributed by atoms with van der Waals surface area (Å²) in [6, 6.07) is 0.858. The molecular formula is C11H22N2. The third-order valence-corrected chi connectivity index (χ3v) is 3.39. The number of piperidine rings is 1. The smallest absolute Gasteiger partial charge is 0.0261 e. The zero-order valence-corrected chi connectivity index (χ0v) is 8.92. The van der Waals surface area contributed by atoms with E-state index in [1.54, 1.807) is 0 Å². The normalized spacial score (nSPS) is 35.3. The fourth-order valence-corrected chi connectivity index (χ4v) is 2.86. The highest BCUT2D eigenvalue weighted by Crippen LogP contribution is 2.26. The molecule has 76 valence electrons. The van der Waals surface area contributed by atoms with Crippen LogP contribution in [0.2, 0.25) is 0 Å². The molecule has 2 unspecified atom stereocenters. The van der Waals surface area contributed by atoms with E-state index in [0.29, 0.717) is 0 Å². The Labute approximate surface area is 81.7 Å². The molecule has 0 saturated carbocycles. The SMILES string of the molecule is CC(C)CN1CCCC2CNCC21. The fraction of sp³-hybridized carbons (Fsp3) is 1.00. The first-order valence-corrected chi connectivity index (χ1v) is 5.72. The maximum atomic E-state index is 3.53. The van der Waals surface area contributed by atoms with Gasteiger partial charge in [0.15, 0.2) is 0 Å². The van der Waals surface area contributed by atoms with Crippen LogP contribution in [0, 0.1) is 11.8 Å². The van der Waals surface area contributed by atoms with E-state index in [0.717, 1.165) is 17.9 Å². The largest absolute Gasteiger partial charge is 0.315 e. The monoisotopic (exact) mass is 182 g/mol. The van der Waals surface area contributed by atoms with E-state index < -0.39 is 0 Å². The quantitative estimate of drug-likeness (QED) is 0.693. The summed E-state index contributed by atoms with van der Waals surface area (Å²) in [7, 11) is 0. The second-order valence-electron chi connectivity index (χ2n) is 5.02. The molecule has 0 aliphatic carbocycles. The van der Waals surface area contributed by atoms with Gasteiger partial charge in [-0.15, -0.1) is 0 Å². The van der Waals surface area contributed by atoms with Gasteiger partial charge >= 0.3 is 0 Å². The van der Waals surface area contributed by atoms with Gasteiger partial charge in [-0.25, -0.2) is 0 Å². The summed E-state index contributed by atoms with van der Waals surface area (Å²) in [5.74, 6) is 1.77. The number of fused-ring (bicyclic) bond motifs is 1. The van der Waals surface area contributed by atoms with Crippen LogP contribution in [-0.4, -0.2) is 37.1 Å². The molecule has 0 amide bonds. The van der Waals surface area contributed by atoms with E-state index in [4.69, 9.17) is 0 Å². The summed E-state index contributed by atoms with van der Waals surface area (Å²) >= 11 is 0. The molecule has 2 aliphatic heterocycles.